The second kappa shape index (κ2) is 5.96. The third-order valence-electron chi connectivity index (χ3n) is 5.90. The predicted octanol–water partition coefficient (Wildman–Crippen LogP) is 7.30. The van der Waals surface area contributed by atoms with Crippen molar-refractivity contribution in [1.82, 2.24) is 0 Å². The Morgan fingerprint density at radius 1 is 0.333 bits per heavy atom. The van der Waals surface area contributed by atoms with Crippen LogP contribution in [0.4, 0.5) is 0 Å². The maximum Gasteiger partial charge on any atom is 0.0725 e. The van der Waals surface area contributed by atoms with Gasteiger partial charge in [-0.25, -0.2) is 0 Å². The SMILES string of the molecule is C.C.c1ccc2c(c1)-c1ccccc1C21c2ccccc2-c2ccccc21. The van der Waals surface area contributed by atoms with Gasteiger partial charge in [0, 0.05) is 0 Å². The van der Waals surface area contributed by atoms with E-state index < -0.39 is 0 Å². The highest BCUT2D eigenvalue weighted by Crippen LogP contribution is 2.62. The molecular formula is C27H24. The van der Waals surface area contributed by atoms with Gasteiger partial charge in [-0.1, -0.05) is 112 Å². The monoisotopic (exact) mass is 348 g/mol. The molecule has 0 aromatic heterocycles. The van der Waals surface area contributed by atoms with Crippen LogP contribution >= 0.6 is 0 Å². The molecule has 2 aliphatic rings. The summed E-state index contributed by atoms with van der Waals surface area (Å²) in [5, 5.41) is 0. The van der Waals surface area contributed by atoms with Crippen LogP contribution in [0, 0.1) is 0 Å². The molecule has 0 aliphatic heterocycles. The fourth-order valence-electron chi connectivity index (χ4n) is 5.05. The highest BCUT2D eigenvalue weighted by Gasteiger charge is 2.51. The highest BCUT2D eigenvalue weighted by atomic mass is 14.5. The van der Waals surface area contributed by atoms with Crippen molar-refractivity contribution in [3.8, 4) is 22.3 Å². The third-order valence-corrected chi connectivity index (χ3v) is 5.90. The van der Waals surface area contributed by atoms with Gasteiger partial charge < -0.3 is 0 Å². The van der Waals surface area contributed by atoms with Gasteiger partial charge in [-0.2, -0.15) is 0 Å². The predicted molar refractivity (Wildman–Crippen MR) is 116 cm³/mol. The summed E-state index contributed by atoms with van der Waals surface area (Å²) in [6.45, 7) is 0. The van der Waals surface area contributed by atoms with Crippen molar-refractivity contribution in [2.45, 2.75) is 20.3 Å². The molecule has 4 aromatic rings. The summed E-state index contributed by atoms with van der Waals surface area (Å²) in [5.74, 6) is 0. The van der Waals surface area contributed by atoms with Gasteiger partial charge in [-0.15, -0.1) is 0 Å². The van der Waals surface area contributed by atoms with Crippen LogP contribution in [0.1, 0.15) is 37.1 Å². The van der Waals surface area contributed by atoms with Gasteiger partial charge in [0.25, 0.3) is 0 Å². The van der Waals surface area contributed by atoms with Crippen molar-refractivity contribution in [2.75, 3.05) is 0 Å². The average molecular weight is 348 g/mol. The van der Waals surface area contributed by atoms with Gasteiger partial charge in [-0.05, 0) is 44.5 Å². The first-order chi connectivity index (χ1) is 12.4. The molecule has 2 aliphatic carbocycles. The lowest BCUT2D eigenvalue weighted by Crippen LogP contribution is -2.25. The number of benzene rings is 4. The Hall–Kier alpha value is -3.12. The topological polar surface area (TPSA) is 0 Å². The lowest BCUT2D eigenvalue weighted by atomic mass is 9.70. The van der Waals surface area contributed by atoms with Gasteiger partial charge in [0.2, 0.25) is 0 Å². The first-order valence-corrected chi connectivity index (χ1v) is 8.81. The van der Waals surface area contributed by atoms with E-state index in [1.807, 2.05) is 0 Å². The van der Waals surface area contributed by atoms with Crippen LogP contribution in [0.2, 0.25) is 0 Å². The van der Waals surface area contributed by atoms with Crippen molar-refractivity contribution in [3.05, 3.63) is 119 Å². The van der Waals surface area contributed by atoms with E-state index >= 15 is 0 Å². The molecule has 0 atom stereocenters. The smallest absolute Gasteiger partial charge is 0.0725 e. The Morgan fingerprint density at radius 2 is 0.556 bits per heavy atom. The molecule has 0 bridgehead atoms. The molecule has 0 unspecified atom stereocenters. The van der Waals surface area contributed by atoms with E-state index in [2.05, 4.69) is 97.1 Å². The summed E-state index contributed by atoms with van der Waals surface area (Å²) >= 11 is 0. The van der Waals surface area contributed by atoms with Crippen LogP contribution < -0.4 is 0 Å². The Balaban J connectivity index is 0.000000900. The summed E-state index contributed by atoms with van der Waals surface area (Å²) < 4.78 is 0. The van der Waals surface area contributed by atoms with Crippen molar-refractivity contribution in [1.29, 1.82) is 0 Å². The fraction of sp³-hybridized carbons (Fsp3) is 0.111. The third kappa shape index (κ3) is 1.88. The van der Waals surface area contributed by atoms with Crippen LogP contribution in [-0.2, 0) is 5.41 Å². The second-order valence-corrected chi connectivity index (χ2v) is 6.93. The molecule has 0 saturated carbocycles. The molecule has 0 amide bonds. The summed E-state index contributed by atoms with van der Waals surface area (Å²) in [6.07, 6.45) is 0. The van der Waals surface area contributed by atoms with E-state index in [1.165, 1.54) is 44.5 Å². The van der Waals surface area contributed by atoms with Crippen molar-refractivity contribution >= 4 is 0 Å². The maximum atomic E-state index is 2.31. The minimum atomic E-state index is -0.180. The maximum absolute atomic E-state index is 2.31. The number of hydrogen-bond donors (Lipinski definition) is 0. The molecule has 0 fully saturated rings. The quantitative estimate of drug-likeness (QED) is 0.270. The van der Waals surface area contributed by atoms with Crippen LogP contribution in [0.25, 0.3) is 22.3 Å². The van der Waals surface area contributed by atoms with Crippen molar-refractivity contribution < 1.29 is 0 Å². The van der Waals surface area contributed by atoms with Crippen molar-refractivity contribution in [3.63, 3.8) is 0 Å². The van der Waals surface area contributed by atoms with Gasteiger partial charge >= 0.3 is 0 Å². The van der Waals surface area contributed by atoms with Gasteiger partial charge in [0.05, 0.1) is 5.41 Å². The standard InChI is InChI=1S/C25H16.2CH4/c1-5-13-21-17(9-1)18-10-2-6-14-22(18)25(21)23-15-7-3-11-19(23)20-12-4-8-16-24(20)25;;/h1-16H;2*1H4. The molecule has 0 heterocycles. The number of hydrogen-bond acceptors (Lipinski definition) is 0. The molecule has 0 nitrogen and oxygen atoms in total. The van der Waals surface area contributed by atoms with E-state index in [1.54, 1.807) is 0 Å². The molecular weight excluding hydrogens is 324 g/mol. The van der Waals surface area contributed by atoms with E-state index in [0.717, 1.165) is 0 Å². The van der Waals surface area contributed by atoms with E-state index in [0.29, 0.717) is 0 Å². The van der Waals surface area contributed by atoms with Crippen LogP contribution in [0.5, 0.6) is 0 Å². The first-order valence-electron chi connectivity index (χ1n) is 8.81. The van der Waals surface area contributed by atoms with E-state index in [9.17, 15) is 0 Å². The summed E-state index contributed by atoms with van der Waals surface area (Å²) in [4.78, 5) is 0. The van der Waals surface area contributed by atoms with Crippen molar-refractivity contribution in [2.24, 2.45) is 0 Å². The molecule has 0 radical (unpaired) electrons. The molecule has 0 heteroatoms. The average Bonchev–Trinajstić information content (AvgIpc) is 3.16. The summed E-state index contributed by atoms with van der Waals surface area (Å²) in [7, 11) is 0. The minimum Gasteiger partial charge on any atom is -0.0776 e. The summed E-state index contributed by atoms with van der Waals surface area (Å²) in [6, 6.07) is 35.7. The van der Waals surface area contributed by atoms with Gasteiger partial charge in [-0.3, -0.25) is 0 Å². The highest BCUT2D eigenvalue weighted by molar-refractivity contribution is 5.94. The second-order valence-electron chi connectivity index (χ2n) is 6.93. The Labute approximate surface area is 162 Å². The minimum absolute atomic E-state index is 0. The lowest BCUT2D eigenvalue weighted by molar-refractivity contribution is 0.794. The Bertz CT molecular complexity index is 962. The first kappa shape index (κ1) is 17.3. The number of fused-ring (bicyclic) bond motifs is 10. The molecule has 132 valence electrons. The zero-order valence-electron chi connectivity index (χ0n) is 13.7. The lowest BCUT2D eigenvalue weighted by Gasteiger charge is -2.30. The molecule has 0 saturated heterocycles. The van der Waals surface area contributed by atoms with Gasteiger partial charge in [0.15, 0.2) is 0 Å². The Morgan fingerprint density at radius 3 is 0.815 bits per heavy atom. The Kier molecular flexibility index (Phi) is 3.82. The molecule has 1 spiro atoms. The molecule has 6 rings (SSSR count). The van der Waals surface area contributed by atoms with Gasteiger partial charge in [0.1, 0.15) is 0 Å². The molecule has 4 aromatic carbocycles. The normalized spacial score (nSPS) is 13.6. The summed E-state index contributed by atoms with van der Waals surface area (Å²) in [5.41, 5.74) is 10.9. The zero-order chi connectivity index (χ0) is 16.4. The van der Waals surface area contributed by atoms with E-state index in [4.69, 9.17) is 0 Å². The molecule has 27 heavy (non-hydrogen) atoms. The fourth-order valence-corrected chi connectivity index (χ4v) is 5.05. The number of rotatable bonds is 0. The van der Waals surface area contributed by atoms with Crippen LogP contribution in [0.3, 0.4) is 0 Å². The van der Waals surface area contributed by atoms with Crippen LogP contribution in [0.15, 0.2) is 97.1 Å². The largest absolute Gasteiger partial charge is 0.0776 e. The molecule has 0 N–H and O–H groups in total. The zero-order valence-corrected chi connectivity index (χ0v) is 13.7. The van der Waals surface area contributed by atoms with E-state index in [-0.39, 0.29) is 20.3 Å². The van der Waals surface area contributed by atoms with Crippen LogP contribution in [-0.4, -0.2) is 0 Å².